The van der Waals surface area contributed by atoms with Crippen LogP contribution in [0.15, 0.2) is 0 Å². The van der Waals surface area contributed by atoms with E-state index in [2.05, 4.69) is 0 Å². The van der Waals surface area contributed by atoms with Gasteiger partial charge in [-0.1, -0.05) is 12.8 Å². The Morgan fingerprint density at radius 1 is 1.47 bits per heavy atom. The van der Waals surface area contributed by atoms with Crippen molar-refractivity contribution < 1.29 is 4.79 Å². The van der Waals surface area contributed by atoms with Gasteiger partial charge < -0.3 is 11.5 Å². The zero-order valence-electron chi connectivity index (χ0n) is 9.50. The van der Waals surface area contributed by atoms with E-state index < -0.39 is 11.4 Å². The molecular formula is C11H22N2OS. The first-order chi connectivity index (χ1) is 7.02. The third kappa shape index (κ3) is 4.43. The number of nitrogens with two attached hydrogens (primary N) is 2. The number of thioether (sulfide) groups is 1. The summed E-state index contributed by atoms with van der Waals surface area (Å²) in [6.07, 6.45) is 7.17. The Morgan fingerprint density at radius 2 is 2.07 bits per heavy atom. The number of rotatable bonds is 6. The minimum atomic E-state index is -0.823. The summed E-state index contributed by atoms with van der Waals surface area (Å²) in [4.78, 5) is 11.0. The van der Waals surface area contributed by atoms with Crippen LogP contribution in [0.2, 0.25) is 0 Å². The van der Waals surface area contributed by atoms with Crippen molar-refractivity contribution in [3.05, 3.63) is 0 Å². The van der Waals surface area contributed by atoms with Crippen LogP contribution < -0.4 is 11.5 Å². The summed E-state index contributed by atoms with van der Waals surface area (Å²) in [6, 6.07) is 0. The van der Waals surface area contributed by atoms with Gasteiger partial charge in [0.05, 0.1) is 5.54 Å². The first kappa shape index (κ1) is 12.8. The highest BCUT2D eigenvalue weighted by Gasteiger charge is 2.25. The molecule has 0 aromatic carbocycles. The van der Waals surface area contributed by atoms with Crippen molar-refractivity contribution in [2.24, 2.45) is 11.5 Å². The molecule has 0 bridgehead atoms. The molecule has 0 aliphatic heterocycles. The average molecular weight is 230 g/mol. The molecule has 1 atom stereocenters. The molecule has 4 heteroatoms. The van der Waals surface area contributed by atoms with Crippen LogP contribution in [0, 0.1) is 0 Å². The summed E-state index contributed by atoms with van der Waals surface area (Å²) in [5, 5.41) is 0.850. The molecule has 1 amide bonds. The standard InChI is InChI=1S/C11H22N2OS/c1-11(13,10(12)14)7-4-8-15-9-5-2-3-6-9/h9H,2-8,13H2,1H3,(H2,12,14). The Morgan fingerprint density at radius 3 is 2.60 bits per heavy atom. The van der Waals surface area contributed by atoms with Crippen molar-refractivity contribution >= 4 is 17.7 Å². The Bertz CT molecular complexity index is 213. The van der Waals surface area contributed by atoms with Crippen LogP contribution in [0.25, 0.3) is 0 Å². The lowest BCUT2D eigenvalue weighted by molar-refractivity contribution is -0.122. The van der Waals surface area contributed by atoms with E-state index in [1.54, 1.807) is 6.92 Å². The summed E-state index contributed by atoms with van der Waals surface area (Å²) in [7, 11) is 0. The Labute approximate surface area is 96.3 Å². The van der Waals surface area contributed by atoms with Crippen LogP contribution >= 0.6 is 11.8 Å². The lowest BCUT2D eigenvalue weighted by atomic mass is 9.97. The second-order valence-corrected chi connectivity index (χ2v) is 6.07. The van der Waals surface area contributed by atoms with Crippen LogP contribution in [0.5, 0.6) is 0 Å². The minimum absolute atomic E-state index is 0.395. The van der Waals surface area contributed by atoms with E-state index in [1.807, 2.05) is 11.8 Å². The van der Waals surface area contributed by atoms with Crippen molar-refractivity contribution in [2.75, 3.05) is 5.75 Å². The predicted molar refractivity (Wildman–Crippen MR) is 65.7 cm³/mol. The fraction of sp³-hybridized carbons (Fsp3) is 0.909. The molecule has 1 unspecified atom stereocenters. The van der Waals surface area contributed by atoms with Crippen LogP contribution in [-0.4, -0.2) is 22.4 Å². The normalized spacial score (nSPS) is 21.5. The molecule has 1 fully saturated rings. The van der Waals surface area contributed by atoms with Crippen LogP contribution in [-0.2, 0) is 4.79 Å². The smallest absolute Gasteiger partial charge is 0.237 e. The van der Waals surface area contributed by atoms with Gasteiger partial charge in [-0.25, -0.2) is 0 Å². The third-order valence-corrected chi connectivity index (χ3v) is 4.53. The van der Waals surface area contributed by atoms with Gasteiger partial charge in [0.15, 0.2) is 0 Å². The number of amides is 1. The molecule has 0 aromatic rings. The van der Waals surface area contributed by atoms with Crippen molar-refractivity contribution in [1.82, 2.24) is 0 Å². The van der Waals surface area contributed by atoms with Gasteiger partial charge in [-0.3, -0.25) is 4.79 Å². The van der Waals surface area contributed by atoms with Gasteiger partial charge in [-0.05, 0) is 38.4 Å². The summed E-state index contributed by atoms with van der Waals surface area (Å²) >= 11 is 2.03. The quantitative estimate of drug-likeness (QED) is 0.682. The van der Waals surface area contributed by atoms with E-state index >= 15 is 0 Å². The fourth-order valence-electron chi connectivity index (χ4n) is 1.87. The van der Waals surface area contributed by atoms with Gasteiger partial charge in [0.1, 0.15) is 0 Å². The molecule has 88 valence electrons. The summed E-state index contributed by atoms with van der Waals surface area (Å²) in [6.45, 7) is 1.72. The second kappa shape index (κ2) is 5.75. The van der Waals surface area contributed by atoms with Gasteiger partial charge >= 0.3 is 0 Å². The molecule has 15 heavy (non-hydrogen) atoms. The molecule has 3 nitrogen and oxygen atoms in total. The Balaban J connectivity index is 2.08. The van der Waals surface area contributed by atoms with Crippen molar-refractivity contribution in [1.29, 1.82) is 0 Å². The first-order valence-electron chi connectivity index (χ1n) is 5.73. The minimum Gasteiger partial charge on any atom is -0.368 e. The third-order valence-electron chi connectivity index (χ3n) is 3.06. The molecule has 0 radical (unpaired) electrons. The Kier molecular flexibility index (Phi) is 4.93. The van der Waals surface area contributed by atoms with E-state index in [-0.39, 0.29) is 0 Å². The molecule has 0 spiro atoms. The van der Waals surface area contributed by atoms with Crippen LogP contribution in [0.3, 0.4) is 0 Å². The summed E-state index contributed by atoms with van der Waals surface area (Å²) in [5.74, 6) is 0.707. The number of primary amides is 1. The zero-order chi connectivity index (χ0) is 11.3. The van der Waals surface area contributed by atoms with E-state index in [4.69, 9.17) is 11.5 Å². The molecular weight excluding hydrogens is 208 g/mol. The maximum atomic E-state index is 11.0. The van der Waals surface area contributed by atoms with E-state index in [0.717, 1.165) is 17.4 Å². The Hall–Kier alpha value is -0.220. The molecule has 0 heterocycles. The summed E-state index contributed by atoms with van der Waals surface area (Å²) in [5.41, 5.74) is 10.2. The van der Waals surface area contributed by atoms with Crippen LogP contribution in [0.1, 0.15) is 45.4 Å². The van der Waals surface area contributed by atoms with E-state index in [9.17, 15) is 4.79 Å². The lowest BCUT2D eigenvalue weighted by Gasteiger charge is -2.20. The highest BCUT2D eigenvalue weighted by Crippen LogP contribution is 2.30. The van der Waals surface area contributed by atoms with Gasteiger partial charge in [0.2, 0.25) is 5.91 Å². The molecule has 4 N–H and O–H groups in total. The molecule has 1 aliphatic rings. The molecule has 1 rings (SSSR count). The predicted octanol–water partition coefficient (Wildman–Crippen LogP) is 1.65. The fourth-order valence-corrected chi connectivity index (χ4v) is 3.18. The van der Waals surface area contributed by atoms with Gasteiger partial charge in [-0.2, -0.15) is 11.8 Å². The summed E-state index contributed by atoms with van der Waals surface area (Å²) < 4.78 is 0. The monoisotopic (exact) mass is 230 g/mol. The van der Waals surface area contributed by atoms with Gasteiger partial charge in [-0.15, -0.1) is 0 Å². The topological polar surface area (TPSA) is 69.1 Å². The number of carbonyl (C=O) groups excluding carboxylic acids is 1. The second-order valence-electron chi connectivity index (χ2n) is 4.66. The maximum absolute atomic E-state index is 11.0. The van der Waals surface area contributed by atoms with Crippen LogP contribution in [0.4, 0.5) is 0 Å². The molecule has 1 aliphatic carbocycles. The van der Waals surface area contributed by atoms with Crippen molar-refractivity contribution in [2.45, 2.75) is 56.2 Å². The molecule has 0 aromatic heterocycles. The number of hydrogen-bond acceptors (Lipinski definition) is 3. The molecule has 1 saturated carbocycles. The SMILES string of the molecule is CC(N)(CCCSC1CCCC1)C(N)=O. The van der Waals surface area contributed by atoms with Crippen molar-refractivity contribution in [3.63, 3.8) is 0 Å². The zero-order valence-corrected chi connectivity index (χ0v) is 10.3. The molecule has 0 saturated heterocycles. The van der Waals surface area contributed by atoms with Gasteiger partial charge in [0.25, 0.3) is 0 Å². The number of carbonyl (C=O) groups is 1. The largest absolute Gasteiger partial charge is 0.368 e. The number of hydrogen-bond donors (Lipinski definition) is 2. The van der Waals surface area contributed by atoms with E-state index in [0.29, 0.717) is 6.42 Å². The average Bonchev–Trinajstić information content (AvgIpc) is 2.64. The maximum Gasteiger partial charge on any atom is 0.237 e. The highest BCUT2D eigenvalue weighted by atomic mass is 32.2. The highest BCUT2D eigenvalue weighted by molar-refractivity contribution is 7.99. The van der Waals surface area contributed by atoms with Crippen molar-refractivity contribution in [3.8, 4) is 0 Å². The van der Waals surface area contributed by atoms with Gasteiger partial charge in [0, 0.05) is 5.25 Å². The first-order valence-corrected chi connectivity index (χ1v) is 6.77. The lowest BCUT2D eigenvalue weighted by Crippen LogP contribution is -2.49. The van der Waals surface area contributed by atoms with E-state index in [1.165, 1.54) is 25.7 Å².